The van der Waals surface area contributed by atoms with Gasteiger partial charge in [-0.05, 0) is 98.6 Å². The molecule has 0 atom stereocenters. The van der Waals surface area contributed by atoms with E-state index in [0.717, 1.165) is 53.5 Å². The van der Waals surface area contributed by atoms with Gasteiger partial charge in [-0.1, -0.05) is 24.3 Å². The summed E-state index contributed by atoms with van der Waals surface area (Å²) in [6, 6.07) is 14.8. The molecular weight excluding hydrogens is 388 g/mol. The second-order valence-corrected chi connectivity index (χ2v) is 10.0. The van der Waals surface area contributed by atoms with Gasteiger partial charge in [-0.3, -0.25) is 0 Å². The van der Waals surface area contributed by atoms with Crippen LogP contribution in [0.4, 0.5) is 0 Å². The van der Waals surface area contributed by atoms with E-state index < -0.39 is 0 Å². The predicted octanol–water partition coefficient (Wildman–Crippen LogP) is 5.89. The lowest BCUT2D eigenvalue weighted by Gasteiger charge is -2.55. The molecule has 4 heteroatoms. The van der Waals surface area contributed by atoms with Crippen LogP contribution < -0.4 is 5.63 Å². The summed E-state index contributed by atoms with van der Waals surface area (Å²) in [6.45, 7) is 1.92. The van der Waals surface area contributed by atoms with Gasteiger partial charge in [-0.15, -0.1) is 0 Å². The fourth-order valence-corrected chi connectivity index (χ4v) is 6.75. The molecule has 0 spiro atoms. The third-order valence-electron chi connectivity index (χ3n) is 7.68. The molecule has 4 bridgehead atoms. The lowest BCUT2D eigenvalue weighted by atomic mass is 9.54. The summed E-state index contributed by atoms with van der Waals surface area (Å²) in [6.07, 6.45) is 7.04. The molecule has 0 amide bonds. The molecule has 4 saturated carbocycles. The summed E-state index contributed by atoms with van der Waals surface area (Å²) >= 11 is 0. The molecular formula is C27H26O4. The summed E-state index contributed by atoms with van der Waals surface area (Å²) in [7, 11) is 0. The van der Waals surface area contributed by atoms with Gasteiger partial charge in [0, 0.05) is 5.39 Å². The lowest BCUT2D eigenvalue weighted by molar-refractivity contribution is -0.131. The number of ether oxygens (including phenoxy) is 1. The Morgan fingerprint density at radius 1 is 0.935 bits per heavy atom. The van der Waals surface area contributed by atoms with Crippen molar-refractivity contribution in [2.24, 2.45) is 17.8 Å². The molecule has 4 aliphatic rings. The Balaban J connectivity index is 1.29. The van der Waals surface area contributed by atoms with Gasteiger partial charge < -0.3 is 9.15 Å². The number of benzene rings is 2. The van der Waals surface area contributed by atoms with Crippen molar-refractivity contribution in [3.8, 4) is 11.1 Å². The first-order valence-corrected chi connectivity index (χ1v) is 11.4. The molecule has 1 aromatic heterocycles. The summed E-state index contributed by atoms with van der Waals surface area (Å²) in [5, 5.41) is 0.877. The zero-order valence-electron chi connectivity index (χ0n) is 17.7. The minimum atomic E-state index is -0.370. The third kappa shape index (κ3) is 3.20. The minimum absolute atomic E-state index is 0.234. The summed E-state index contributed by atoms with van der Waals surface area (Å²) in [5.41, 5.74) is 2.67. The van der Waals surface area contributed by atoms with E-state index in [-0.39, 0.29) is 17.2 Å². The van der Waals surface area contributed by atoms with Crippen molar-refractivity contribution in [1.82, 2.24) is 0 Å². The van der Waals surface area contributed by atoms with Crippen LogP contribution >= 0.6 is 0 Å². The van der Waals surface area contributed by atoms with E-state index in [4.69, 9.17) is 9.15 Å². The standard InChI is InChI=1S/C27H26O4/c1-16-8-21(25(28)31-27-13-17-9-18(14-27)11-19(10-17)15-27)6-7-22(16)23-12-20-4-2-3-5-24(20)30-26(23)29/h2-8,12,17-19H,9-11,13-15H2,1H3. The summed E-state index contributed by atoms with van der Waals surface area (Å²) in [5.74, 6) is 1.96. The zero-order chi connectivity index (χ0) is 21.2. The molecule has 7 rings (SSSR count). The summed E-state index contributed by atoms with van der Waals surface area (Å²) < 4.78 is 11.7. The lowest BCUT2D eigenvalue weighted by Crippen LogP contribution is -2.52. The number of hydrogen-bond donors (Lipinski definition) is 0. The first kappa shape index (κ1) is 18.9. The molecule has 0 radical (unpaired) electrons. The van der Waals surface area contributed by atoms with Crippen LogP contribution in [0.2, 0.25) is 0 Å². The number of carbonyl (C=O) groups is 1. The first-order valence-electron chi connectivity index (χ1n) is 11.4. The van der Waals surface area contributed by atoms with Crippen LogP contribution in [0.15, 0.2) is 57.7 Å². The van der Waals surface area contributed by atoms with Gasteiger partial charge in [-0.25, -0.2) is 9.59 Å². The average Bonchev–Trinajstić information content (AvgIpc) is 2.72. The highest BCUT2D eigenvalue weighted by Gasteiger charge is 2.53. The topological polar surface area (TPSA) is 56.5 Å². The van der Waals surface area contributed by atoms with Crippen molar-refractivity contribution in [2.45, 2.75) is 51.0 Å². The highest BCUT2D eigenvalue weighted by Crippen LogP contribution is 2.57. The smallest absolute Gasteiger partial charge is 0.344 e. The van der Waals surface area contributed by atoms with E-state index in [2.05, 4.69) is 0 Å². The number of fused-ring (bicyclic) bond motifs is 1. The molecule has 2 aromatic carbocycles. The normalized spacial score (nSPS) is 28.7. The van der Waals surface area contributed by atoms with E-state index in [1.807, 2.05) is 43.3 Å². The Kier molecular flexibility index (Phi) is 4.14. The van der Waals surface area contributed by atoms with E-state index in [0.29, 0.717) is 16.7 Å². The maximum Gasteiger partial charge on any atom is 0.344 e. The van der Waals surface area contributed by atoms with Gasteiger partial charge in [-0.2, -0.15) is 0 Å². The molecule has 0 unspecified atom stereocenters. The van der Waals surface area contributed by atoms with Crippen molar-refractivity contribution in [3.63, 3.8) is 0 Å². The Bertz CT molecular complexity index is 1220. The monoisotopic (exact) mass is 414 g/mol. The van der Waals surface area contributed by atoms with Gasteiger partial charge >= 0.3 is 11.6 Å². The zero-order valence-corrected chi connectivity index (χ0v) is 17.7. The van der Waals surface area contributed by atoms with Crippen LogP contribution in [-0.2, 0) is 4.74 Å². The van der Waals surface area contributed by atoms with Crippen molar-refractivity contribution in [2.75, 3.05) is 0 Å². The number of carbonyl (C=O) groups excluding carboxylic acids is 1. The van der Waals surface area contributed by atoms with Gasteiger partial charge in [0.2, 0.25) is 0 Å². The van der Waals surface area contributed by atoms with Crippen LogP contribution in [0.3, 0.4) is 0 Å². The van der Waals surface area contributed by atoms with Gasteiger partial charge in [0.05, 0.1) is 11.1 Å². The average molecular weight is 415 g/mol. The molecule has 4 fully saturated rings. The van der Waals surface area contributed by atoms with Gasteiger partial charge in [0.1, 0.15) is 11.2 Å². The molecule has 3 aromatic rings. The Hall–Kier alpha value is -2.88. The number of aryl methyl sites for hydroxylation is 1. The largest absolute Gasteiger partial charge is 0.455 e. The van der Waals surface area contributed by atoms with E-state index in [9.17, 15) is 9.59 Å². The van der Waals surface area contributed by atoms with Crippen LogP contribution in [-0.4, -0.2) is 11.6 Å². The van der Waals surface area contributed by atoms with Crippen LogP contribution in [0.1, 0.15) is 54.4 Å². The highest BCUT2D eigenvalue weighted by atomic mass is 16.6. The van der Waals surface area contributed by atoms with Crippen LogP contribution in [0, 0.1) is 24.7 Å². The van der Waals surface area contributed by atoms with Crippen molar-refractivity contribution < 1.29 is 13.9 Å². The van der Waals surface area contributed by atoms with Crippen LogP contribution in [0.25, 0.3) is 22.1 Å². The fraction of sp³-hybridized carbons (Fsp3) is 0.407. The highest BCUT2D eigenvalue weighted by molar-refractivity contribution is 5.91. The molecule has 158 valence electrons. The molecule has 1 heterocycles. The van der Waals surface area contributed by atoms with E-state index in [1.165, 1.54) is 19.3 Å². The van der Waals surface area contributed by atoms with Crippen molar-refractivity contribution in [1.29, 1.82) is 0 Å². The quantitative estimate of drug-likeness (QED) is 0.396. The Morgan fingerprint density at radius 2 is 1.61 bits per heavy atom. The second kappa shape index (κ2) is 6.81. The molecule has 0 aliphatic heterocycles. The van der Waals surface area contributed by atoms with Crippen LogP contribution in [0.5, 0.6) is 0 Å². The number of para-hydroxylation sites is 1. The van der Waals surface area contributed by atoms with E-state index >= 15 is 0 Å². The SMILES string of the molecule is Cc1cc(C(=O)OC23CC4CC(CC(C4)C2)C3)ccc1-c1cc2ccccc2oc1=O. The van der Waals surface area contributed by atoms with Crippen molar-refractivity contribution in [3.05, 3.63) is 70.1 Å². The first-order chi connectivity index (χ1) is 15.0. The number of rotatable bonds is 3. The Labute approximate surface area is 181 Å². The predicted molar refractivity (Wildman–Crippen MR) is 119 cm³/mol. The Morgan fingerprint density at radius 3 is 2.29 bits per heavy atom. The number of hydrogen-bond acceptors (Lipinski definition) is 4. The summed E-state index contributed by atoms with van der Waals surface area (Å²) in [4.78, 5) is 25.6. The van der Waals surface area contributed by atoms with Gasteiger partial charge in [0.25, 0.3) is 0 Å². The molecule has 0 saturated heterocycles. The minimum Gasteiger partial charge on any atom is -0.455 e. The van der Waals surface area contributed by atoms with Crippen molar-refractivity contribution >= 4 is 16.9 Å². The maximum absolute atomic E-state index is 13.1. The maximum atomic E-state index is 13.1. The fourth-order valence-electron chi connectivity index (χ4n) is 6.75. The second-order valence-electron chi connectivity index (χ2n) is 10.0. The molecule has 4 nitrogen and oxygen atoms in total. The molecule has 4 aliphatic carbocycles. The number of esters is 1. The molecule has 0 N–H and O–H groups in total. The third-order valence-corrected chi connectivity index (χ3v) is 7.68. The van der Waals surface area contributed by atoms with Gasteiger partial charge in [0.15, 0.2) is 0 Å². The molecule has 31 heavy (non-hydrogen) atoms. The van der Waals surface area contributed by atoms with E-state index in [1.54, 1.807) is 12.1 Å².